The van der Waals surface area contributed by atoms with Crippen molar-refractivity contribution >= 4 is 10.1 Å². The summed E-state index contributed by atoms with van der Waals surface area (Å²) >= 11 is 0. The van der Waals surface area contributed by atoms with Gasteiger partial charge in [0.15, 0.2) is 0 Å². The van der Waals surface area contributed by atoms with E-state index in [4.69, 9.17) is 4.18 Å². The maximum Gasteiger partial charge on any atom is 0.267 e. The van der Waals surface area contributed by atoms with Crippen LogP contribution >= 0.6 is 0 Å². The van der Waals surface area contributed by atoms with E-state index in [0.29, 0.717) is 25.9 Å². The quantitative estimate of drug-likeness (QED) is 0.483. The van der Waals surface area contributed by atoms with E-state index in [2.05, 4.69) is 0 Å². The number of benzene rings is 2. The molecular weight excluding hydrogens is 394 g/mol. The maximum absolute atomic E-state index is 11.9. The SMILES string of the molecule is C[C@H](N1CCC(O)(c2ccccc2)CC1)[C@@](O)(OS(C)(=O)=O)c1ccc(O)cc1. The number of hydrogen-bond acceptors (Lipinski definition) is 7. The largest absolute Gasteiger partial charge is 0.508 e. The molecule has 158 valence electrons. The van der Waals surface area contributed by atoms with Crippen LogP contribution in [0.25, 0.3) is 0 Å². The summed E-state index contributed by atoms with van der Waals surface area (Å²) < 4.78 is 28.9. The second-order valence-corrected chi connectivity index (χ2v) is 9.22. The van der Waals surface area contributed by atoms with Gasteiger partial charge in [-0.3, -0.25) is 4.90 Å². The lowest BCUT2D eigenvalue weighted by Gasteiger charge is -2.45. The first kappa shape index (κ1) is 21.7. The Labute approximate surface area is 171 Å². The topological polar surface area (TPSA) is 107 Å². The standard InChI is InChI=1S/C21H27NO6S/c1-16(21(25,28-29(2,26)27)18-8-10-19(23)11-9-18)22-14-12-20(24,13-15-22)17-6-4-3-5-7-17/h3-11,16,23-25H,12-15H2,1-2H3/t16-,21+/m0/s1. The van der Waals surface area contributed by atoms with Crippen LogP contribution in [0.2, 0.25) is 0 Å². The van der Waals surface area contributed by atoms with Gasteiger partial charge in [-0.05, 0) is 49.6 Å². The molecule has 7 nitrogen and oxygen atoms in total. The Balaban J connectivity index is 1.84. The van der Waals surface area contributed by atoms with Crippen molar-refractivity contribution in [1.29, 1.82) is 0 Å². The molecule has 2 aromatic rings. The Hall–Kier alpha value is -1.97. The molecule has 29 heavy (non-hydrogen) atoms. The lowest BCUT2D eigenvalue weighted by Crippen LogP contribution is -2.55. The first-order valence-corrected chi connectivity index (χ1v) is 11.3. The van der Waals surface area contributed by atoms with Gasteiger partial charge in [0.05, 0.1) is 17.9 Å². The van der Waals surface area contributed by atoms with Gasteiger partial charge in [0.25, 0.3) is 10.1 Å². The van der Waals surface area contributed by atoms with Gasteiger partial charge in [0.2, 0.25) is 5.79 Å². The Morgan fingerprint density at radius 2 is 1.62 bits per heavy atom. The van der Waals surface area contributed by atoms with Crippen molar-refractivity contribution in [2.75, 3.05) is 19.3 Å². The molecule has 3 N–H and O–H groups in total. The molecule has 0 aromatic heterocycles. The molecule has 0 aliphatic carbocycles. The molecule has 2 atom stereocenters. The van der Waals surface area contributed by atoms with E-state index in [1.807, 2.05) is 35.2 Å². The van der Waals surface area contributed by atoms with Crippen molar-refractivity contribution in [3.63, 3.8) is 0 Å². The zero-order valence-corrected chi connectivity index (χ0v) is 17.3. The first-order chi connectivity index (χ1) is 13.5. The van der Waals surface area contributed by atoms with Crippen molar-refractivity contribution in [2.24, 2.45) is 0 Å². The van der Waals surface area contributed by atoms with E-state index in [9.17, 15) is 23.7 Å². The third-order valence-electron chi connectivity index (χ3n) is 5.61. The highest BCUT2D eigenvalue weighted by molar-refractivity contribution is 7.86. The van der Waals surface area contributed by atoms with Gasteiger partial charge >= 0.3 is 0 Å². The number of phenols is 1. The van der Waals surface area contributed by atoms with Crippen molar-refractivity contribution in [3.05, 3.63) is 65.7 Å². The molecule has 1 fully saturated rings. The molecule has 8 heteroatoms. The average molecular weight is 422 g/mol. The number of likely N-dealkylation sites (tertiary alicyclic amines) is 1. The summed E-state index contributed by atoms with van der Waals surface area (Å²) in [6, 6.07) is 14.3. The molecule has 1 heterocycles. The van der Waals surface area contributed by atoms with E-state index >= 15 is 0 Å². The number of nitrogens with zero attached hydrogens (tertiary/aromatic N) is 1. The fourth-order valence-corrected chi connectivity index (χ4v) is 4.55. The van der Waals surface area contributed by atoms with Gasteiger partial charge in [0, 0.05) is 18.7 Å². The van der Waals surface area contributed by atoms with Crippen LogP contribution in [0.15, 0.2) is 54.6 Å². The predicted octanol–water partition coefficient (Wildman–Crippen LogP) is 1.89. The summed E-state index contributed by atoms with van der Waals surface area (Å²) in [5.74, 6) is -2.14. The summed E-state index contributed by atoms with van der Waals surface area (Å²) in [7, 11) is -3.98. The molecule has 1 aliphatic rings. The molecule has 1 saturated heterocycles. The van der Waals surface area contributed by atoms with Crippen LogP contribution in [0.3, 0.4) is 0 Å². The third-order valence-corrected chi connectivity index (χ3v) is 6.17. The zero-order chi connectivity index (χ0) is 21.3. The van der Waals surface area contributed by atoms with Crippen LogP contribution in [-0.4, -0.2) is 54.0 Å². The van der Waals surface area contributed by atoms with Crippen LogP contribution in [0.1, 0.15) is 30.9 Å². The summed E-state index contributed by atoms with van der Waals surface area (Å²) in [5, 5.41) is 31.9. The van der Waals surface area contributed by atoms with Crippen LogP contribution in [0, 0.1) is 0 Å². The number of rotatable bonds is 6. The lowest BCUT2D eigenvalue weighted by atomic mass is 9.83. The second kappa shape index (κ2) is 8.04. The third kappa shape index (κ3) is 4.79. The molecule has 0 amide bonds. The molecule has 2 aromatic carbocycles. The smallest absolute Gasteiger partial charge is 0.267 e. The van der Waals surface area contributed by atoms with E-state index in [1.165, 1.54) is 24.3 Å². The number of piperidine rings is 1. The van der Waals surface area contributed by atoms with E-state index in [0.717, 1.165) is 11.8 Å². The maximum atomic E-state index is 11.9. The number of phenolic OH excluding ortho intramolecular Hbond substituents is 1. The first-order valence-electron chi connectivity index (χ1n) is 9.48. The Bertz CT molecular complexity index is 923. The lowest BCUT2D eigenvalue weighted by molar-refractivity contribution is -0.195. The summed E-state index contributed by atoms with van der Waals surface area (Å²) in [5.41, 5.74) is 0.0943. The van der Waals surface area contributed by atoms with Crippen LogP contribution in [0.5, 0.6) is 5.75 Å². The van der Waals surface area contributed by atoms with Crippen LogP contribution < -0.4 is 0 Å². The van der Waals surface area contributed by atoms with Crippen molar-refractivity contribution in [3.8, 4) is 5.75 Å². The molecule has 0 radical (unpaired) electrons. The molecule has 0 saturated carbocycles. The van der Waals surface area contributed by atoms with Gasteiger partial charge in [-0.15, -0.1) is 0 Å². The number of hydrogen-bond donors (Lipinski definition) is 3. The van der Waals surface area contributed by atoms with Gasteiger partial charge < -0.3 is 15.3 Å². The Morgan fingerprint density at radius 1 is 1.07 bits per heavy atom. The Morgan fingerprint density at radius 3 is 2.14 bits per heavy atom. The highest BCUT2D eigenvalue weighted by atomic mass is 32.2. The van der Waals surface area contributed by atoms with Crippen molar-refractivity contribution in [2.45, 2.75) is 37.2 Å². The summed E-state index contributed by atoms with van der Waals surface area (Å²) in [6.45, 7) is 2.57. The molecule has 0 bridgehead atoms. The van der Waals surface area contributed by atoms with Crippen LogP contribution in [-0.2, 0) is 25.7 Å². The van der Waals surface area contributed by atoms with Crippen molar-refractivity contribution in [1.82, 2.24) is 4.90 Å². The summed E-state index contributed by atoms with van der Waals surface area (Å²) in [4.78, 5) is 1.90. The predicted molar refractivity (Wildman–Crippen MR) is 109 cm³/mol. The van der Waals surface area contributed by atoms with Gasteiger partial charge in [-0.2, -0.15) is 8.42 Å². The zero-order valence-electron chi connectivity index (χ0n) is 16.5. The highest BCUT2D eigenvalue weighted by Crippen LogP contribution is 2.38. The summed E-state index contributed by atoms with van der Waals surface area (Å²) in [6.07, 6.45) is 1.76. The number of aromatic hydroxyl groups is 1. The molecule has 0 spiro atoms. The second-order valence-electron chi connectivity index (χ2n) is 7.64. The Kier molecular flexibility index (Phi) is 6.03. The fraction of sp³-hybridized carbons (Fsp3) is 0.429. The normalized spacial score (nSPS) is 20.7. The molecule has 1 aliphatic heterocycles. The van der Waals surface area contributed by atoms with E-state index in [-0.39, 0.29) is 11.3 Å². The van der Waals surface area contributed by atoms with Crippen LogP contribution in [0.4, 0.5) is 0 Å². The molecular formula is C21H27NO6S. The molecule has 0 unspecified atom stereocenters. The van der Waals surface area contributed by atoms with E-state index in [1.54, 1.807) is 6.92 Å². The van der Waals surface area contributed by atoms with Gasteiger partial charge in [-0.1, -0.05) is 30.3 Å². The highest BCUT2D eigenvalue weighted by Gasteiger charge is 2.46. The average Bonchev–Trinajstić information content (AvgIpc) is 2.68. The number of aliphatic hydroxyl groups is 2. The van der Waals surface area contributed by atoms with Crippen molar-refractivity contribution < 1.29 is 27.9 Å². The van der Waals surface area contributed by atoms with E-state index < -0.39 is 27.5 Å². The monoisotopic (exact) mass is 421 g/mol. The minimum absolute atomic E-state index is 0.00555. The molecule has 3 rings (SSSR count). The van der Waals surface area contributed by atoms with Gasteiger partial charge in [-0.25, -0.2) is 4.18 Å². The van der Waals surface area contributed by atoms with Gasteiger partial charge in [0.1, 0.15) is 5.75 Å². The minimum Gasteiger partial charge on any atom is -0.508 e. The fourth-order valence-electron chi connectivity index (χ4n) is 3.86. The minimum atomic E-state index is -3.98.